The Morgan fingerprint density at radius 2 is 1.94 bits per heavy atom. The lowest BCUT2D eigenvalue weighted by molar-refractivity contribution is -0.231. The molecule has 5 nitrogen and oxygen atoms in total. The van der Waals surface area contributed by atoms with E-state index < -0.39 is 12.6 Å². The molecular formula is C13H18O5. The summed E-state index contributed by atoms with van der Waals surface area (Å²) in [7, 11) is 1.48. The molecule has 1 N–H and O–H groups in total. The van der Waals surface area contributed by atoms with Gasteiger partial charge < -0.3 is 19.3 Å². The molecule has 1 aromatic carbocycles. The fraction of sp³-hybridized carbons (Fsp3) is 0.462. The van der Waals surface area contributed by atoms with Crippen LogP contribution in [-0.2, 0) is 9.47 Å². The maximum atomic E-state index is 11.5. The normalized spacial score (nSPS) is 14.0. The number of Topliss-reactive ketones (excluding diaryl/α,β-unsaturated/α-hetero) is 1. The highest BCUT2D eigenvalue weighted by Crippen LogP contribution is 2.15. The monoisotopic (exact) mass is 254 g/mol. The van der Waals surface area contributed by atoms with E-state index in [9.17, 15) is 9.90 Å². The van der Waals surface area contributed by atoms with Gasteiger partial charge in [-0.05, 0) is 38.1 Å². The lowest BCUT2D eigenvalue weighted by atomic mass is 10.1. The van der Waals surface area contributed by atoms with E-state index >= 15 is 0 Å². The molecule has 0 bridgehead atoms. The summed E-state index contributed by atoms with van der Waals surface area (Å²) < 4.78 is 15.5. The van der Waals surface area contributed by atoms with E-state index in [1.165, 1.54) is 14.0 Å². The first kappa shape index (κ1) is 14.6. The van der Waals surface area contributed by atoms with Crippen LogP contribution in [0.25, 0.3) is 0 Å². The van der Waals surface area contributed by atoms with Crippen molar-refractivity contribution in [2.45, 2.75) is 26.4 Å². The Hall–Kier alpha value is -1.43. The van der Waals surface area contributed by atoms with Crippen LogP contribution in [0.4, 0.5) is 0 Å². The fourth-order valence-corrected chi connectivity index (χ4v) is 1.34. The van der Waals surface area contributed by atoms with Crippen molar-refractivity contribution in [1.29, 1.82) is 0 Å². The van der Waals surface area contributed by atoms with Crippen LogP contribution in [0, 0.1) is 0 Å². The lowest BCUT2D eigenvalue weighted by Gasteiger charge is -2.16. The molecule has 2 atom stereocenters. The Bertz CT molecular complexity index is 371. The summed E-state index contributed by atoms with van der Waals surface area (Å²) >= 11 is 0. The number of rotatable bonds is 7. The SMILES string of the molecule is CCO[C@H](OC)Oc1ccc(C(=O)C(C)O)cc1. The number of ketones is 1. The summed E-state index contributed by atoms with van der Waals surface area (Å²) in [6.45, 7) is 2.97. The molecule has 0 spiro atoms. The van der Waals surface area contributed by atoms with Gasteiger partial charge in [0.15, 0.2) is 5.78 Å². The number of benzene rings is 1. The molecule has 1 rings (SSSR count). The second-order valence-electron chi connectivity index (χ2n) is 3.66. The number of hydrogen-bond donors (Lipinski definition) is 1. The largest absolute Gasteiger partial charge is 0.441 e. The Morgan fingerprint density at radius 3 is 2.39 bits per heavy atom. The molecule has 0 saturated carbocycles. The second-order valence-corrected chi connectivity index (χ2v) is 3.66. The molecule has 0 saturated heterocycles. The summed E-state index contributed by atoms with van der Waals surface area (Å²) in [5, 5.41) is 9.18. The predicted octanol–water partition coefficient (Wildman–Crippen LogP) is 1.60. The minimum atomic E-state index is -1.01. The first-order valence-corrected chi connectivity index (χ1v) is 5.71. The molecule has 0 aliphatic heterocycles. The third-order valence-corrected chi connectivity index (χ3v) is 2.25. The summed E-state index contributed by atoms with van der Waals surface area (Å²) in [5.74, 6) is 0.201. The zero-order chi connectivity index (χ0) is 13.5. The number of aliphatic hydroxyl groups excluding tert-OH is 1. The lowest BCUT2D eigenvalue weighted by Crippen LogP contribution is -2.22. The Balaban J connectivity index is 2.68. The zero-order valence-corrected chi connectivity index (χ0v) is 10.8. The summed E-state index contributed by atoms with van der Waals surface area (Å²) in [5.41, 5.74) is 0.433. The predicted molar refractivity (Wildman–Crippen MR) is 65.5 cm³/mol. The van der Waals surface area contributed by atoms with Crippen molar-refractivity contribution in [2.75, 3.05) is 13.7 Å². The van der Waals surface area contributed by atoms with Crippen LogP contribution in [0.15, 0.2) is 24.3 Å². The van der Waals surface area contributed by atoms with E-state index in [4.69, 9.17) is 14.2 Å². The molecule has 5 heteroatoms. The van der Waals surface area contributed by atoms with Gasteiger partial charge in [-0.3, -0.25) is 4.79 Å². The molecule has 18 heavy (non-hydrogen) atoms. The molecule has 1 unspecified atom stereocenters. The first-order valence-electron chi connectivity index (χ1n) is 5.71. The van der Waals surface area contributed by atoms with Crippen LogP contribution in [0.2, 0.25) is 0 Å². The molecule has 0 aliphatic rings. The Morgan fingerprint density at radius 1 is 1.33 bits per heavy atom. The highest BCUT2D eigenvalue weighted by atomic mass is 16.8. The van der Waals surface area contributed by atoms with Gasteiger partial charge in [0.2, 0.25) is 0 Å². The second kappa shape index (κ2) is 7.10. The summed E-state index contributed by atoms with van der Waals surface area (Å²) in [6, 6.07) is 6.42. The Kier molecular flexibility index (Phi) is 5.77. The highest BCUT2D eigenvalue weighted by molar-refractivity contribution is 5.99. The summed E-state index contributed by atoms with van der Waals surface area (Å²) in [4.78, 5) is 11.5. The van der Waals surface area contributed by atoms with E-state index in [0.29, 0.717) is 17.9 Å². The third-order valence-electron chi connectivity index (χ3n) is 2.25. The molecule has 0 aromatic heterocycles. The van der Waals surface area contributed by atoms with Crippen LogP contribution in [-0.4, -0.2) is 37.2 Å². The molecule has 0 heterocycles. The van der Waals surface area contributed by atoms with Gasteiger partial charge in [-0.15, -0.1) is 0 Å². The van der Waals surface area contributed by atoms with E-state index in [2.05, 4.69) is 0 Å². The van der Waals surface area contributed by atoms with Gasteiger partial charge in [-0.2, -0.15) is 0 Å². The molecule has 100 valence electrons. The first-order chi connectivity index (χ1) is 8.58. The van der Waals surface area contributed by atoms with Crippen LogP contribution >= 0.6 is 0 Å². The van der Waals surface area contributed by atoms with Crippen LogP contribution < -0.4 is 4.74 Å². The average molecular weight is 254 g/mol. The molecule has 0 amide bonds. The number of carbonyl (C=O) groups is 1. The van der Waals surface area contributed by atoms with Gasteiger partial charge in [0.1, 0.15) is 11.9 Å². The van der Waals surface area contributed by atoms with Crippen molar-refractivity contribution in [1.82, 2.24) is 0 Å². The molecule has 1 aromatic rings. The van der Waals surface area contributed by atoms with Crippen molar-refractivity contribution in [3.63, 3.8) is 0 Å². The minimum absolute atomic E-state index is 0.324. The van der Waals surface area contributed by atoms with E-state index in [1.807, 2.05) is 6.92 Å². The quantitative estimate of drug-likeness (QED) is 0.591. The van der Waals surface area contributed by atoms with Gasteiger partial charge in [-0.1, -0.05) is 0 Å². The van der Waals surface area contributed by atoms with Gasteiger partial charge in [-0.25, -0.2) is 0 Å². The standard InChI is InChI=1S/C13H18O5/c1-4-17-13(16-3)18-11-7-5-10(6-8-11)12(15)9(2)14/h5-9,13-14H,4H2,1-3H3/t9?,13-/m0/s1. The number of ether oxygens (including phenoxy) is 3. The average Bonchev–Trinajstić information content (AvgIpc) is 2.38. The molecule has 0 radical (unpaired) electrons. The van der Waals surface area contributed by atoms with E-state index in [0.717, 1.165) is 0 Å². The van der Waals surface area contributed by atoms with E-state index in [1.54, 1.807) is 24.3 Å². The number of carbonyl (C=O) groups excluding carboxylic acids is 1. The number of hydrogen-bond acceptors (Lipinski definition) is 5. The number of aliphatic hydroxyl groups is 1. The van der Waals surface area contributed by atoms with Crippen LogP contribution in [0.3, 0.4) is 0 Å². The van der Waals surface area contributed by atoms with Crippen molar-refractivity contribution in [3.05, 3.63) is 29.8 Å². The fourth-order valence-electron chi connectivity index (χ4n) is 1.34. The van der Waals surface area contributed by atoms with Crippen molar-refractivity contribution < 1.29 is 24.1 Å². The third kappa shape index (κ3) is 4.10. The van der Waals surface area contributed by atoms with E-state index in [-0.39, 0.29) is 5.78 Å². The van der Waals surface area contributed by atoms with Gasteiger partial charge in [0.05, 0.1) is 6.61 Å². The smallest absolute Gasteiger partial charge is 0.315 e. The summed E-state index contributed by atoms with van der Waals surface area (Å²) in [6.07, 6.45) is -1.01. The highest BCUT2D eigenvalue weighted by Gasteiger charge is 2.13. The Labute approximate surface area is 106 Å². The van der Waals surface area contributed by atoms with Gasteiger partial charge >= 0.3 is 6.48 Å². The topological polar surface area (TPSA) is 65.0 Å². The van der Waals surface area contributed by atoms with Crippen LogP contribution in [0.1, 0.15) is 24.2 Å². The van der Waals surface area contributed by atoms with Gasteiger partial charge in [0, 0.05) is 12.7 Å². The van der Waals surface area contributed by atoms with Crippen molar-refractivity contribution in [3.8, 4) is 5.75 Å². The number of methoxy groups -OCH3 is 1. The van der Waals surface area contributed by atoms with Crippen molar-refractivity contribution >= 4 is 5.78 Å². The van der Waals surface area contributed by atoms with Crippen molar-refractivity contribution in [2.24, 2.45) is 0 Å². The molecular weight excluding hydrogens is 236 g/mol. The molecule has 0 fully saturated rings. The van der Waals surface area contributed by atoms with Gasteiger partial charge in [0.25, 0.3) is 0 Å². The van der Waals surface area contributed by atoms with Crippen LogP contribution in [0.5, 0.6) is 5.75 Å². The minimum Gasteiger partial charge on any atom is -0.441 e. The molecule has 0 aliphatic carbocycles. The maximum absolute atomic E-state index is 11.5. The maximum Gasteiger partial charge on any atom is 0.315 e. The zero-order valence-electron chi connectivity index (χ0n) is 10.8.